The van der Waals surface area contributed by atoms with Crippen LogP contribution in [0.3, 0.4) is 0 Å². The minimum absolute atomic E-state index is 0.135. The van der Waals surface area contributed by atoms with Crippen LogP contribution in [0.1, 0.15) is 47.6 Å². The topological polar surface area (TPSA) is 89.3 Å². The first-order valence-electron chi connectivity index (χ1n) is 7.87. The van der Waals surface area contributed by atoms with Crippen LogP contribution in [0, 0.1) is 12.8 Å². The lowest BCUT2D eigenvalue weighted by atomic mass is 10.1. The molecule has 24 heavy (non-hydrogen) atoms. The predicted molar refractivity (Wildman–Crippen MR) is 88.5 cm³/mol. The number of hydrogen-bond donors (Lipinski definition) is 1. The molecule has 0 saturated carbocycles. The van der Waals surface area contributed by atoms with Crippen molar-refractivity contribution in [1.82, 2.24) is 10.3 Å². The fourth-order valence-electron chi connectivity index (χ4n) is 2.89. The SMILES string of the molecule is Cc1nc(CC(C)C)oc1C(=O)NC1CS(=O)(=O)c2ccccc21. The van der Waals surface area contributed by atoms with Crippen LogP contribution in [0.2, 0.25) is 0 Å². The van der Waals surface area contributed by atoms with E-state index < -0.39 is 21.8 Å². The number of amides is 1. The molecule has 0 fully saturated rings. The van der Waals surface area contributed by atoms with Crippen LogP contribution in [-0.2, 0) is 16.3 Å². The third kappa shape index (κ3) is 3.08. The van der Waals surface area contributed by atoms with Gasteiger partial charge in [-0.05, 0) is 24.5 Å². The van der Waals surface area contributed by atoms with Crippen LogP contribution in [-0.4, -0.2) is 25.1 Å². The molecular formula is C17H20N2O4S. The van der Waals surface area contributed by atoms with Crippen molar-refractivity contribution < 1.29 is 17.6 Å². The smallest absolute Gasteiger partial charge is 0.289 e. The molecule has 1 N–H and O–H groups in total. The second kappa shape index (κ2) is 6.05. The van der Waals surface area contributed by atoms with Crippen molar-refractivity contribution in [3.63, 3.8) is 0 Å². The maximum absolute atomic E-state index is 12.5. The van der Waals surface area contributed by atoms with E-state index in [1.54, 1.807) is 31.2 Å². The van der Waals surface area contributed by atoms with Gasteiger partial charge >= 0.3 is 0 Å². The highest BCUT2D eigenvalue weighted by Gasteiger charge is 2.36. The Bertz CT molecular complexity index is 884. The first kappa shape index (κ1) is 16.7. The highest BCUT2D eigenvalue weighted by atomic mass is 32.2. The Kier molecular flexibility index (Phi) is 4.21. The van der Waals surface area contributed by atoms with E-state index >= 15 is 0 Å². The molecular weight excluding hydrogens is 328 g/mol. The number of benzene rings is 1. The van der Waals surface area contributed by atoms with Gasteiger partial charge in [0.25, 0.3) is 5.91 Å². The van der Waals surface area contributed by atoms with Crippen molar-refractivity contribution in [2.45, 2.75) is 38.1 Å². The number of rotatable bonds is 4. The van der Waals surface area contributed by atoms with Gasteiger partial charge in [0.1, 0.15) is 0 Å². The summed E-state index contributed by atoms with van der Waals surface area (Å²) in [5.41, 5.74) is 1.13. The standard InChI is InChI=1S/C17H20N2O4S/c1-10(2)8-15-18-11(3)16(23-15)17(20)19-13-9-24(21,22)14-7-5-4-6-12(13)14/h4-7,10,13H,8-9H2,1-3H3,(H,19,20). The van der Waals surface area contributed by atoms with Crippen LogP contribution in [0.5, 0.6) is 0 Å². The summed E-state index contributed by atoms with van der Waals surface area (Å²) in [7, 11) is -3.36. The summed E-state index contributed by atoms with van der Waals surface area (Å²) in [5.74, 6) is 0.460. The van der Waals surface area contributed by atoms with Gasteiger partial charge in [0.05, 0.1) is 22.4 Å². The molecule has 1 aliphatic rings. The summed E-state index contributed by atoms with van der Waals surface area (Å²) < 4.78 is 29.9. The predicted octanol–water partition coefficient (Wildman–Crippen LogP) is 2.44. The molecule has 1 aromatic heterocycles. The molecule has 0 spiro atoms. The van der Waals surface area contributed by atoms with E-state index in [9.17, 15) is 13.2 Å². The third-order valence-electron chi connectivity index (χ3n) is 3.95. The summed E-state index contributed by atoms with van der Waals surface area (Å²) in [4.78, 5) is 17.1. The number of aromatic nitrogens is 1. The second-order valence-corrected chi connectivity index (χ2v) is 8.47. The summed E-state index contributed by atoms with van der Waals surface area (Å²) in [6.07, 6.45) is 0.648. The molecule has 1 atom stereocenters. The van der Waals surface area contributed by atoms with Gasteiger partial charge in [0.15, 0.2) is 15.7 Å². The van der Waals surface area contributed by atoms with Crippen molar-refractivity contribution in [2.24, 2.45) is 5.92 Å². The number of carbonyl (C=O) groups is 1. The molecule has 128 valence electrons. The van der Waals surface area contributed by atoms with Crippen LogP contribution >= 0.6 is 0 Å². The first-order valence-corrected chi connectivity index (χ1v) is 9.52. The zero-order valence-corrected chi connectivity index (χ0v) is 14.7. The second-order valence-electron chi connectivity index (χ2n) is 6.47. The number of carbonyl (C=O) groups excluding carboxylic acids is 1. The van der Waals surface area contributed by atoms with Gasteiger partial charge in [-0.2, -0.15) is 0 Å². The Morgan fingerprint density at radius 1 is 1.38 bits per heavy atom. The fraction of sp³-hybridized carbons (Fsp3) is 0.412. The lowest BCUT2D eigenvalue weighted by molar-refractivity contribution is 0.0909. The molecule has 0 aliphatic carbocycles. The Labute approximate surface area is 141 Å². The largest absolute Gasteiger partial charge is 0.435 e. The third-order valence-corrected chi connectivity index (χ3v) is 5.76. The maximum Gasteiger partial charge on any atom is 0.289 e. The van der Waals surface area contributed by atoms with Gasteiger partial charge in [-0.1, -0.05) is 32.0 Å². The molecule has 1 unspecified atom stereocenters. The van der Waals surface area contributed by atoms with Gasteiger partial charge in [-0.3, -0.25) is 4.79 Å². The summed E-state index contributed by atoms with van der Waals surface area (Å²) in [5, 5.41) is 2.76. The number of fused-ring (bicyclic) bond motifs is 1. The van der Waals surface area contributed by atoms with Gasteiger partial charge < -0.3 is 9.73 Å². The summed E-state index contributed by atoms with van der Waals surface area (Å²) in [6, 6.07) is 6.16. The molecule has 1 aliphatic heterocycles. The summed E-state index contributed by atoms with van der Waals surface area (Å²) in [6.45, 7) is 5.79. The molecule has 2 heterocycles. The van der Waals surface area contributed by atoms with Crippen LogP contribution in [0.15, 0.2) is 33.6 Å². The molecule has 0 bridgehead atoms. The lowest BCUT2D eigenvalue weighted by Crippen LogP contribution is -2.29. The average molecular weight is 348 g/mol. The number of oxazole rings is 1. The van der Waals surface area contributed by atoms with E-state index in [1.165, 1.54) is 0 Å². The van der Waals surface area contributed by atoms with E-state index in [-0.39, 0.29) is 16.4 Å². The van der Waals surface area contributed by atoms with Gasteiger partial charge in [-0.25, -0.2) is 13.4 Å². The highest BCUT2D eigenvalue weighted by Crippen LogP contribution is 2.33. The molecule has 1 amide bonds. The van der Waals surface area contributed by atoms with Crippen LogP contribution in [0.4, 0.5) is 0 Å². The van der Waals surface area contributed by atoms with E-state index in [1.807, 2.05) is 13.8 Å². The Balaban J connectivity index is 1.83. The molecule has 3 rings (SSSR count). The van der Waals surface area contributed by atoms with Crippen molar-refractivity contribution in [1.29, 1.82) is 0 Å². The molecule has 0 radical (unpaired) electrons. The van der Waals surface area contributed by atoms with E-state index in [4.69, 9.17) is 4.42 Å². The van der Waals surface area contributed by atoms with E-state index in [2.05, 4.69) is 10.3 Å². The van der Waals surface area contributed by atoms with Crippen LogP contribution < -0.4 is 5.32 Å². The normalized spacial score (nSPS) is 18.6. The van der Waals surface area contributed by atoms with Gasteiger partial charge in [0, 0.05) is 6.42 Å². The monoisotopic (exact) mass is 348 g/mol. The number of nitrogens with one attached hydrogen (secondary N) is 1. The first-order chi connectivity index (χ1) is 11.3. The van der Waals surface area contributed by atoms with Gasteiger partial charge in [0.2, 0.25) is 5.76 Å². The molecule has 7 heteroatoms. The van der Waals surface area contributed by atoms with Crippen molar-refractivity contribution >= 4 is 15.7 Å². The zero-order chi connectivity index (χ0) is 17.5. The van der Waals surface area contributed by atoms with Crippen molar-refractivity contribution in [2.75, 3.05) is 5.75 Å². The molecule has 6 nitrogen and oxygen atoms in total. The minimum Gasteiger partial charge on any atom is -0.435 e. The number of aryl methyl sites for hydroxylation is 1. The molecule has 2 aromatic rings. The summed E-state index contributed by atoms with van der Waals surface area (Å²) >= 11 is 0. The highest BCUT2D eigenvalue weighted by molar-refractivity contribution is 7.91. The van der Waals surface area contributed by atoms with E-state index in [0.29, 0.717) is 29.5 Å². The number of hydrogen-bond acceptors (Lipinski definition) is 5. The zero-order valence-electron chi connectivity index (χ0n) is 13.9. The van der Waals surface area contributed by atoms with E-state index in [0.717, 1.165) is 0 Å². The van der Waals surface area contributed by atoms with Crippen LogP contribution in [0.25, 0.3) is 0 Å². The maximum atomic E-state index is 12.5. The average Bonchev–Trinajstić information content (AvgIpc) is 2.97. The molecule has 1 aromatic carbocycles. The molecule has 0 saturated heterocycles. The Hall–Kier alpha value is -2.15. The number of nitrogens with zero attached hydrogens (tertiary/aromatic N) is 1. The Morgan fingerprint density at radius 2 is 2.08 bits per heavy atom. The lowest BCUT2D eigenvalue weighted by Gasteiger charge is -2.11. The number of sulfone groups is 1. The van der Waals surface area contributed by atoms with Crippen molar-refractivity contribution in [3.05, 3.63) is 47.2 Å². The van der Waals surface area contributed by atoms with Gasteiger partial charge in [-0.15, -0.1) is 0 Å². The van der Waals surface area contributed by atoms with Crippen molar-refractivity contribution in [3.8, 4) is 0 Å². The fourth-order valence-corrected chi connectivity index (χ4v) is 4.63. The Morgan fingerprint density at radius 3 is 2.79 bits per heavy atom. The quantitative estimate of drug-likeness (QED) is 0.916. The minimum atomic E-state index is -3.36.